The number of aromatic nitrogens is 2. The third kappa shape index (κ3) is 4.15. The molecule has 0 atom stereocenters. The molecule has 0 aliphatic heterocycles. The van der Waals surface area contributed by atoms with Crippen LogP contribution in [0.5, 0.6) is 5.75 Å². The largest absolute Gasteiger partial charge is 0.486 e. The topological polar surface area (TPSA) is 56.2 Å². The maximum Gasteiger partial charge on any atom is 0.244 e. The highest BCUT2D eigenvalue weighted by Crippen LogP contribution is 2.19. The van der Waals surface area contributed by atoms with Gasteiger partial charge in [0.1, 0.15) is 24.7 Å². The first-order valence-corrected chi connectivity index (χ1v) is 9.24. The number of para-hydroxylation sites is 3. The summed E-state index contributed by atoms with van der Waals surface area (Å²) in [6.45, 7) is 0.406. The lowest BCUT2D eigenvalue weighted by Gasteiger charge is -2.11. The fraction of sp³-hybridized carbons (Fsp3) is 0.0909. The van der Waals surface area contributed by atoms with Gasteiger partial charge in [0.25, 0.3) is 0 Å². The summed E-state index contributed by atoms with van der Waals surface area (Å²) in [5.74, 6) is 1.30. The zero-order valence-corrected chi connectivity index (χ0v) is 15.8. The molecule has 0 aliphatic carbocycles. The lowest BCUT2D eigenvalue weighted by molar-refractivity contribution is -0.116. The number of nitrogens with zero attached hydrogens (tertiary/aromatic N) is 2. The first kappa shape index (κ1) is 18.1. The van der Waals surface area contributed by atoms with Crippen LogP contribution in [0.2, 0.25) is 5.02 Å². The van der Waals surface area contributed by atoms with Crippen LogP contribution in [0.15, 0.2) is 78.9 Å². The lowest BCUT2D eigenvalue weighted by Crippen LogP contribution is -2.20. The van der Waals surface area contributed by atoms with Crippen molar-refractivity contribution in [3.05, 3.63) is 89.7 Å². The number of benzene rings is 3. The molecule has 0 fully saturated rings. The first-order valence-electron chi connectivity index (χ1n) is 8.86. The number of nitrogens with one attached hydrogen (secondary N) is 1. The van der Waals surface area contributed by atoms with E-state index >= 15 is 0 Å². The van der Waals surface area contributed by atoms with Gasteiger partial charge in [-0.3, -0.25) is 4.79 Å². The minimum Gasteiger partial charge on any atom is -0.486 e. The minimum absolute atomic E-state index is 0.136. The molecule has 6 heteroatoms. The Morgan fingerprint density at radius 1 is 0.964 bits per heavy atom. The number of amides is 1. The number of halogens is 1. The van der Waals surface area contributed by atoms with Crippen LogP contribution in [0.4, 0.5) is 5.69 Å². The number of fused-ring (bicyclic) bond motifs is 1. The SMILES string of the molecule is O=C(Cn1c(COc2ccccc2)nc2ccccc21)Nc1ccc(Cl)cc1. The maximum absolute atomic E-state index is 12.6. The van der Waals surface area contributed by atoms with Gasteiger partial charge in [-0.2, -0.15) is 0 Å². The van der Waals surface area contributed by atoms with Crippen molar-refractivity contribution in [2.75, 3.05) is 5.32 Å². The Morgan fingerprint density at radius 2 is 1.68 bits per heavy atom. The molecule has 1 aromatic heterocycles. The van der Waals surface area contributed by atoms with Crippen LogP contribution in [-0.4, -0.2) is 15.5 Å². The van der Waals surface area contributed by atoms with Crippen LogP contribution in [-0.2, 0) is 17.9 Å². The van der Waals surface area contributed by atoms with Crippen molar-refractivity contribution in [1.82, 2.24) is 9.55 Å². The second-order valence-electron chi connectivity index (χ2n) is 6.26. The van der Waals surface area contributed by atoms with Crippen LogP contribution < -0.4 is 10.1 Å². The molecule has 0 radical (unpaired) electrons. The molecule has 0 spiro atoms. The molecule has 4 aromatic rings. The summed E-state index contributed by atoms with van der Waals surface area (Å²) in [7, 11) is 0. The average molecular weight is 392 g/mol. The highest BCUT2D eigenvalue weighted by molar-refractivity contribution is 6.30. The minimum atomic E-state index is -0.147. The van der Waals surface area contributed by atoms with Gasteiger partial charge in [-0.1, -0.05) is 41.9 Å². The van der Waals surface area contributed by atoms with Gasteiger partial charge in [0, 0.05) is 10.7 Å². The Kier molecular flexibility index (Phi) is 5.26. The summed E-state index contributed by atoms with van der Waals surface area (Å²) >= 11 is 5.90. The summed E-state index contributed by atoms with van der Waals surface area (Å²) in [6.07, 6.45) is 0. The second-order valence-corrected chi connectivity index (χ2v) is 6.70. The molecule has 140 valence electrons. The predicted octanol–water partition coefficient (Wildman–Crippen LogP) is 4.91. The van der Waals surface area contributed by atoms with Gasteiger partial charge >= 0.3 is 0 Å². The van der Waals surface area contributed by atoms with Gasteiger partial charge in [-0.25, -0.2) is 4.98 Å². The quantitative estimate of drug-likeness (QED) is 0.508. The molecule has 0 unspecified atom stereocenters. The number of hydrogen-bond acceptors (Lipinski definition) is 3. The number of rotatable bonds is 6. The summed E-state index contributed by atoms with van der Waals surface area (Å²) in [4.78, 5) is 17.2. The van der Waals surface area contributed by atoms with Crippen LogP contribution in [0, 0.1) is 0 Å². The molecule has 0 aliphatic rings. The summed E-state index contributed by atoms with van der Waals surface area (Å²) in [5, 5.41) is 3.51. The van der Waals surface area contributed by atoms with E-state index in [0.29, 0.717) is 16.5 Å². The Bertz CT molecular complexity index is 1090. The van der Waals surface area contributed by atoms with Crippen molar-refractivity contribution in [1.29, 1.82) is 0 Å². The normalized spacial score (nSPS) is 10.8. The van der Waals surface area contributed by atoms with Crippen LogP contribution in [0.25, 0.3) is 11.0 Å². The van der Waals surface area contributed by atoms with Crippen molar-refractivity contribution >= 4 is 34.2 Å². The zero-order valence-electron chi connectivity index (χ0n) is 15.0. The molecule has 0 saturated heterocycles. The molecule has 4 rings (SSSR count). The number of hydrogen-bond donors (Lipinski definition) is 1. The van der Waals surface area contributed by atoms with Crippen molar-refractivity contribution < 1.29 is 9.53 Å². The standard InChI is InChI=1S/C22H18ClN3O2/c23-16-10-12-17(13-11-16)24-22(27)14-26-20-9-5-4-8-19(20)25-21(26)15-28-18-6-2-1-3-7-18/h1-13H,14-15H2,(H,24,27). The molecule has 1 amide bonds. The van der Waals surface area contributed by atoms with E-state index in [2.05, 4.69) is 10.3 Å². The number of imidazole rings is 1. The smallest absolute Gasteiger partial charge is 0.244 e. The van der Waals surface area contributed by atoms with Crippen LogP contribution in [0.1, 0.15) is 5.82 Å². The van der Waals surface area contributed by atoms with Crippen molar-refractivity contribution in [2.45, 2.75) is 13.2 Å². The number of carbonyl (C=O) groups is 1. The Hall–Kier alpha value is -3.31. The van der Waals surface area contributed by atoms with E-state index in [9.17, 15) is 4.79 Å². The maximum atomic E-state index is 12.6. The van der Waals surface area contributed by atoms with Crippen molar-refractivity contribution in [3.8, 4) is 5.75 Å². The third-order valence-electron chi connectivity index (χ3n) is 4.27. The fourth-order valence-corrected chi connectivity index (χ4v) is 3.08. The van der Waals surface area contributed by atoms with Crippen LogP contribution >= 0.6 is 11.6 Å². The average Bonchev–Trinajstić information content (AvgIpc) is 3.06. The Morgan fingerprint density at radius 3 is 2.46 bits per heavy atom. The summed E-state index contributed by atoms with van der Waals surface area (Å²) in [6, 6.07) is 24.3. The van der Waals surface area contributed by atoms with E-state index < -0.39 is 0 Å². The Balaban J connectivity index is 1.55. The van der Waals surface area contributed by atoms with Gasteiger partial charge in [0.15, 0.2) is 0 Å². The van der Waals surface area contributed by atoms with E-state index in [1.54, 1.807) is 24.3 Å². The fourth-order valence-electron chi connectivity index (χ4n) is 2.95. The van der Waals surface area contributed by atoms with Crippen molar-refractivity contribution in [2.24, 2.45) is 0 Å². The lowest BCUT2D eigenvalue weighted by atomic mass is 10.3. The molecule has 28 heavy (non-hydrogen) atoms. The van der Waals surface area contributed by atoms with E-state index in [-0.39, 0.29) is 19.1 Å². The molecule has 0 saturated carbocycles. The van der Waals surface area contributed by atoms with Gasteiger partial charge in [-0.05, 0) is 48.5 Å². The van der Waals surface area contributed by atoms with Crippen LogP contribution in [0.3, 0.4) is 0 Å². The molecule has 5 nitrogen and oxygen atoms in total. The third-order valence-corrected chi connectivity index (χ3v) is 4.53. The zero-order chi connectivity index (χ0) is 19.3. The van der Waals surface area contributed by atoms with E-state index in [4.69, 9.17) is 16.3 Å². The molecular formula is C22H18ClN3O2. The number of ether oxygens (including phenoxy) is 1. The molecule has 1 N–H and O–H groups in total. The monoisotopic (exact) mass is 391 g/mol. The van der Waals surface area contributed by atoms with Gasteiger partial charge in [-0.15, -0.1) is 0 Å². The molecular weight excluding hydrogens is 374 g/mol. The molecule has 1 heterocycles. The highest BCUT2D eigenvalue weighted by Gasteiger charge is 2.14. The second kappa shape index (κ2) is 8.15. The van der Waals surface area contributed by atoms with Gasteiger partial charge in [0.05, 0.1) is 11.0 Å². The molecule has 3 aromatic carbocycles. The van der Waals surface area contributed by atoms with E-state index in [0.717, 1.165) is 16.8 Å². The number of anilines is 1. The van der Waals surface area contributed by atoms with E-state index in [1.165, 1.54) is 0 Å². The van der Waals surface area contributed by atoms with Gasteiger partial charge < -0.3 is 14.6 Å². The van der Waals surface area contributed by atoms with Gasteiger partial charge in [0.2, 0.25) is 5.91 Å². The first-order chi connectivity index (χ1) is 13.7. The number of carbonyl (C=O) groups excluding carboxylic acids is 1. The van der Waals surface area contributed by atoms with E-state index in [1.807, 2.05) is 59.2 Å². The highest BCUT2D eigenvalue weighted by atomic mass is 35.5. The Labute approximate surface area is 167 Å². The molecule has 0 bridgehead atoms. The summed E-state index contributed by atoms with van der Waals surface area (Å²) < 4.78 is 7.72. The summed E-state index contributed by atoms with van der Waals surface area (Å²) in [5.41, 5.74) is 2.41. The van der Waals surface area contributed by atoms with Crippen molar-refractivity contribution in [3.63, 3.8) is 0 Å². The predicted molar refractivity (Wildman–Crippen MR) is 111 cm³/mol.